The summed E-state index contributed by atoms with van der Waals surface area (Å²) in [6.07, 6.45) is 5.39. The first-order valence-electron chi connectivity index (χ1n) is 11.4. The van der Waals surface area contributed by atoms with Crippen LogP contribution in [0.5, 0.6) is 5.75 Å². The first-order chi connectivity index (χ1) is 15.5. The molecule has 0 amide bonds. The molecular formula is C23H28ClFN4O3S. The van der Waals surface area contributed by atoms with Crippen LogP contribution in [-0.2, 0) is 0 Å². The lowest BCUT2D eigenvalue weighted by atomic mass is 10.0. The summed E-state index contributed by atoms with van der Waals surface area (Å²) in [5.41, 5.74) is 0.192. The standard InChI is InChI=1S/C23H27FN4O3S.ClH/c1-11(25-13-3-4-13)12-7-8-27(10-12)19-16(24)9-15-18(21(19)31-2)28(14-5-6-14)23-17(20(15)29)22(30)26-32-23;/h9,11-14,25H,3-8,10H2,1-2H3,(H,26,30);1H/t11?,12-;/m0./s1. The van der Waals surface area contributed by atoms with Gasteiger partial charge in [-0.2, -0.15) is 0 Å². The van der Waals surface area contributed by atoms with Gasteiger partial charge in [-0.05, 0) is 62.5 Å². The third-order valence-corrected chi connectivity index (χ3v) is 8.12. The highest BCUT2D eigenvalue weighted by molar-refractivity contribution is 7.12. The highest BCUT2D eigenvalue weighted by Gasteiger charge is 2.36. The number of benzene rings is 1. The summed E-state index contributed by atoms with van der Waals surface area (Å²) in [6.45, 7) is 3.70. The molecule has 2 atom stereocenters. The monoisotopic (exact) mass is 494 g/mol. The molecule has 2 aliphatic carbocycles. The van der Waals surface area contributed by atoms with Crippen LogP contribution in [0.2, 0.25) is 0 Å². The molecule has 178 valence electrons. The van der Waals surface area contributed by atoms with Crippen molar-refractivity contribution in [2.75, 3.05) is 25.1 Å². The quantitative estimate of drug-likeness (QED) is 0.545. The van der Waals surface area contributed by atoms with Gasteiger partial charge in [0, 0.05) is 31.2 Å². The summed E-state index contributed by atoms with van der Waals surface area (Å²) in [6, 6.07) is 2.51. The van der Waals surface area contributed by atoms with Crippen LogP contribution < -0.4 is 25.9 Å². The number of pyridine rings is 1. The van der Waals surface area contributed by atoms with Crippen molar-refractivity contribution < 1.29 is 9.13 Å². The Morgan fingerprint density at radius 2 is 2.00 bits per heavy atom. The lowest BCUT2D eigenvalue weighted by Crippen LogP contribution is -2.36. The lowest BCUT2D eigenvalue weighted by molar-refractivity contribution is 0.397. The highest BCUT2D eigenvalue weighted by atomic mass is 35.5. The summed E-state index contributed by atoms with van der Waals surface area (Å²) >= 11 is 1.17. The number of methoxy groups -OCH3 is 1. The largest absolute Gasteiger partial charge is 0.492 e. The second-order valence-electron chi connectivity index (χ2n) is 9.50. The highest BCUT2D eigenvalue weighted by Crippen LogP contribution is 2.46. The van der Waals surface area contributed by atoms with Gasteiger partial charge >= 0.3 is 0 Å². The van der Waals surface area contributed by atoms with Gasteiger partial charge in [0.05, 0.1) is 18.0 Å². The fourth-order valence-electron chi connectivity index (χ4n) is 5.24. The molecule has 2 aromatic heterocycles. The topological polar surface area (TPSA) is 79.4 Å². The Morgan fingerprint density at radius 3 is 2.67 bits per heavy atom. The number of H-pyrrole nitrogens is 1. The molecule has 0 spiro atoms. The van der Waals surface area contributed by atoms with Crippen LogP contribution in [0, 0.1) is 11.7 Å². The fourth-order valence-corrected chi connectivity index (χ4v) is 6.16. The Bertz CT molecular complexity index is 1340. The Morgan fingerprint density at radius 1 is 1.24 bits per heavy atom. The zero-order chi connectivity index (χ0) is 22.1. The summed E-state index contributed by atoms with van der Waals surface area (Å²) in [4.78, 5) is 28.2. The number of anilines is 1. The van der Waals surface area contributed by atoms with Crippen LogP contribution in [0.1, 0.15) is 45.1 Å². The number of aromatic amines is 1. The van der Waals surface area contributed by atoms with Crippen molar-refractivity contribution >= 4 is 50.7 Å². The molecule has 6 rings (SSSR count). The molecule has 2 N–H and O–H groups in total. The summed E-state index contributed by atoms with van der Waals surface area (Å²) in [5.74, 6) is 0.358. The van der Waals surface area contributed by atoms with E-state index in [1.807, 2.05) is 4.57 Å². The van der Waals surface area contributed by atoms with E-state index < -0.39 is 16.8 Å². The summed E-state index contributed by atoms with van der Waals surface area (Å²) in [7, 11) is 1.54. The minimum atomic E-state index is -0.469. The Hall–Kier alpha value is -2.10. The number of hydrogen-bond donors (Lipinski definition) is 2. The normalized spacial score (nSPS) is 21.5. The van der Waals surface area contributed by atoms with Crippen LogP contribution in [0.15, 0.2) is 15.7 Å². The number of hydrogen-bond acceptors (Lipinski definition) is 6. The molecule has 3 fully saturated rings. The average molecular weight is 495 g/mol. The van der Waals surface area contributed by atoms with Crippen LogP contribution in [0.4, 0.5) is 10.1 Å². The van der Waals surface area contributed by atoms with E-state index in [1.54, 1.807) is 0 Å². The van der Waals surface area contributed by atoms with Crippen molar-refractivity contribution in [2.45, 2.75) is 57.2 Å². The molecule has 1 unspecified atom stereocenters. The minimum Gasteiger partial charge on any atom is -0.492 e. The molecule has 10 heteroatoms. The van der Waals surface area contributed by atoms with E-state index in [-0.39, 0.29) is 29.2 Å². The molecule has 3 aromatic rings. The maximum atomic E-state index is 15.6. The maximum Gasteiger partial charge on any atom is 0.271 e. The predicted octanol–water partition coefficient (Wildman–Crippen LogP) is 3.78. The molecule has 1 saturated heterocycles. The smallest absolute Gasteiger partial charge is 0.271 e. The molecular weight excluding hydrogens is 467 g/mol. The van der Waals surface area contributed by atoms with Gasteiger partial charge < -0.3 is 19.5 Å². The fraction of sp³-hybridized carbons (Fsp3) is 0.565. The molecule has 1 aromatic carbocycles. The van der Waals surface area contributed by atoms with Gasteiger partial charge in [0.2, 0.25) is 5.43 Å². The number of rotatable bonds is 6. The number of nitrogens with zero attached hydrogens (tertiary/aromatic N) is 2. The van der Waals surface area contributed by atoms with Crippen LogP contribution >= 0.6 is 23.9 Å². The minimum absolute atomic E-state index is 0. The van der Waals surface area contributed by atoms with E-state index in [0.717, 1.165) is 32.4 Å². The van der Waals surface area contributed by atoms with Crippen molar-refractivity contribution in [3.63, 3.8) is 0 Å². The number of fused-ring (bicyclic) bond motifs is 2. The number of nitrogens with one attached hydrogen (secondary N) is 2. The lowest BCUT2D eigenvalue weighted by Gasteiger charge is -2.26. The number of ether oxygens (including phenoxy) is 1. The molecule has 0 radical (unpaired) electrons. The van der Waals surface area contributed by atoms with Gasteiger partial charge in [-0.3, -0.25) is 14.0 Å². The molecule has 3 heterocycles. The van der Waals surface area contributed by atoms with Crippen molar-refractivity contribution in [1.82, 2.24) is 14.3 Å². The van der Waals surface area contributed by atoms with Gasteiger partial charge in [0.25, 0.3) is 5.56 Å². The third kappa shape index (κ3) is 3.65. The number of aromatic nitrogens is 2. The van der Waals surface area contributed by atoms with E-state index in [4.69, 9.17) is 4.74 Å². The molecule has 33 heavy (non-hydrogen) atoms. The van der Waals surface area contributed by atoms with Gasteiger partial charge in [-0.1, -0.05) is 0 Å². The first kappa shape index (κ1) is 22.7. The zero-order valence-corrected chi connectivity index (χ0v) is 20.3. The molecule has 0 bridgehead atoms. The molecule has 2 saturated carbocycles. The van der Waals surface area contributed by atoms with Crippen LogP contribution in [0.25, 0.3) is 21.1 Å². The maximum absolute atomic E-state index is 15.6. The zero-order valence-electron chi connectivity index (χ0n) is 18.7. The SMILES string of the molecule is COc1c(N2CC[C@H](C(C)NC3CC3)C2)c(F)cc2c(=O)c3c(=O)[nH]sc3n(C3CC3)c12.Cl. The Labute approximate surface area is 200 Å². The van der Waals surface area contributed by atoms with Crippen molar-refractivity contribution in [2.24, 2.45) is 5.92 Å². The third-order valence-electron chi connectivity index (χ3n) is 7.24. The van der Waals surface area contributed by atoms with E-state index in [1.165, 1.54) is 37.6 Å². The van der Waals surface area contributed by atoms with Crippen molar-refractivity contribution in [3.05, 3.63) is 32.5 Å². The van der Waals surface area contributed by atoms with Crippen molar-refractivity contribution in [1.29, 1.82) is 0 Å². The predicted molar refractivity (Wildman–Crippen MR) is 132 cm³/mol. The number of halogens is 2. The molecule has 3 aliphatic rings. The van der Waals surface area contributed by atoms with Gasteiger partial charge in [-0.25, -0.2) is 4.39 Å². The molecule has 7 nitrogen and oxygen atoms in total. The van der Waals surface area contributed by atoms with Crippen LogP contribution in [-0.4, -0.2) is 41.2 Å². The van der Waals surface area contributed by atoms with Gasteiger partial charge in [0.1, 0.15) is 15.9 Å². The van der Waals surface area contributed by atoms with E-state index in [2.05, 4.69) is 21.5 Å². The van der Waals surface area contributed by atoms with E-state index in [9.17, 15) is 9.59 Å². The summed E-state index contributed by atoms with van der Waals surface area (Å²) < 4.78 is 26.1. The second-order valence-corrected chi connectivity index (χ2v) is 10.3. The van der Waals surface area contributed by atoms with E-state index >= 15 is 4.39 Å². The van der Waals surface area contributed by atoms with Crippen molar-refractivity contribution in [3.8, 4) is 5.75 Å². The Balaban J connectivity index is 0.00000228. The second kappa shape index (κ2) is 8.29. The average Bonchev–Trinajstić information content (AvgIpc) is 3.69. The first-order valence-corrected chi connectivity index (χ1v) is 12.3. The van der Waals surface area contributed by atoms with Crippen LogP contribution in [0.3, 0.4) is 0 Å². The summed E-state index contributed by atoms with van der Waals surface area (Å²) in [5, 5.41) is 4.00. The van der Waals surface area contributed by atoms with Gasteiger partial charge in [-0.15, -0.1) is 12.4 Å². The Kier molecular flexibility index (Phi) is 5.69. The van der Waals surface area contributed by atoms with Gasteiger partial charge in [0.15, 0.2) is 11.6 Å². The van der Waals surface area contributed by atoms with E-state index in [0.29, 0.717) is 39.8 Å². The molecule has 1 aliphatic heterocycles.